The fourth-order valence-corrected chi connectivity index (χ4v) is 2.53. The third kappa shape index (κ3) is 3.73. The molecule has 0 heterocycles. The summed E-state index contributed by atoms with van der Waals surface area (Å²) in [6.07, 6.45) is 5.63. The zero-order valence-electron chi connectivity index (χ0n) is 10.1. The summed E-state index contributed by atoms with van der Waals surface area (Å²) in [5, 5.41) is 0. The molecule has 0 nitrogen and oxygen atoms in total. The second-order valence-corrected chi connectivity index (χ2v) is 5.18. The molecule has 0 spiro atoms. The first-order valence-corrected chi connectivity index (χ1v) is 6.19. The molecule has 1 aromatic rings. The normalized spacial score (nSPS) is 13.5. The van der Waals surface area contributed by atoms with Gasteiger partial charge >= 0.3 is 104 Å². The molecule has 0 amide bonds. The second kappa shape index (κ2) is 7.43. The quantitative estimate of drug-likeness (QED) is 0.684. The molecule has 1 aliphatic carbocycles. The smallest absolute Gasteiger partial charge is 0.147 e. The zero-order chi connectivity index (χ0) is 10.8. The zero-order valence-corrected chi connectivity index (χ0v) is 13.3. The molecule has 1 aliphatic rings. The van der Waals surface area contributed by atoms with Gasteiger partial charge in [0, 0.05) is 0 Å². The molecule has 91 valence electrons. The molecule has 17 heavy (non-hydrogen) atoms. The van der Waals surface area contributed by atoms with Crippen molar-refractivity contribution in [3.05, 3.63) is 51.4 Å². The van der Waals surface area contributed by atoms with E-state index in [1.165, 1.54) is 20.6 Å². The Bertz CT molecular complexity index is 434. The van der Waals surface area contributed by atoms with Crippen LogP contribution in [0.3, 0.4) is 0 Å². The van der Waals surface area contributed by atoms with E-state index in [1.54, 1.807) is 0 Å². The van der Waals surface area contributed by atoms with Crippen LogP contribution in [-0.2, 0) is 20.4 Å². The van der Waals surface area contributed by atoms with Gasteiger partial charge < -0.3 is 0 Å². The molecule has 0 N–H and O–H groups in total. The van der Waals surface area contributed by atoms with Gasteiger partial charge in [-0.25, -0.2) is 0 Å². The van der Waals surface area contributed by atoms with Crippen LogP contribution < -0.4 is 0 Å². The summed E-state index contributed by atoms with van der Waals surface area (Å²) in [5.41, 5.74) is 4.30. The van der Waals surface area contributed by atoms with Crippen LogP contribution in [-0.4, -0.2) is 0 Å². The topological polar surface area (TPSA) is 0 Å². The fraction of sp³-hybridized carbons (Fsp3) is 0.286. The Morgan fingerprint density at radius 1 is 1.12 bits per heavy atom. The van der Waals surface area contributed by atoms with Gasteiger partial charge in [0.25, 0.3) is 0 Å². The second-order valence-electron chi connectivity index (χ2n) is 4.24. The largest absolute Gasteiger partial charge is 0.147 e. The number of hydrogen-bond donors (Lipinski definition) is 0. The molecule has 0 bridgehead atoms. The molecule has 1 aromatic carbocycles. The van der Waals surface area contributed by atoms with Crippen LogP contribution in [0.5, 0.6) is 0 Å². The van der Waals surface area contributed by atoms with Crippen LogP contribution in [0.15, 0.2) is 40.3 Å². The number of hydrogen-bond acceptors (Lipinski definition) is 0. The summed E-state index contributed by atoms with van der Waals surface area (Å²) in [7, 11) is 0. The minimum Gasteiger partial charge on any atom is -0.147 e. The molecule has 0 saturated heterocycles. The summed E-state index contributed by atoms with van der Waals surface area (Å²) < 4.78 is 1.49. The Hall–Kier alpha value is -0.00571. The number of benzene rings is 1. The van der Waals surface area contributed by atoms with Crippen LogP contribution >= 0.6 is 24.8 Å². The molecule has 0 atom stereocenters. The molecule has 0 aliphatic heterocycles. The van der Waals surface area contributed by atoms with Crippen LogP contribution in [0.4, 0.5) is 0 Å². The maximum atomic E-state index is 2.26. The van der Waals surface area contributed by atoms with Crippen molar-refractivity contribution in [2.45, 2.75) is 26.2 Å². The Balaban J connectivity index is 0.00000128. The van der Waals surface area contributed by atoms with Gasteiger partial charge in [0.1, 0.15) is 0 Å². The summed E-state index contributed by atoms with van der Waals surface area (Å²) in [4.78, 5) is 0. The molecule has 2 rings (SSSR count). The van der Waals surface area contributed by atoms with E-state index in [-0.39, 0.29) is 24.8 Å². The average molecular weight is 304 g/mol. The van der Waals surface area contributed by atoms with Crippen molar-refractivity contribution in [3.8, 4) is 0 Å². The SMILES string of the molecule is CC(C)c1ccccc1C1=[C]([Ti])CC=C1.Cl.Cl. The molecule has 0 saturated carbocycles. The molecule has 0 fully saturated rings. The minimum absolute atomic E-state index is 0. The van der Waals surface area contributed by atoms with E-state index in [9.17, 15) is 0 Å². The minimum atomic E-state index is 0. The van der Waals surface area contributed by atoms with Crippen molar-refractivity contribution in [3.63, 3.8) is 0 Å². The third-order valence-electron chi connectivity index (χ3n) is 2.80. The van der Waals surface area contributed by atoms with Crippen LogP contribution in [0.1, 0.15) is 37.3 Å². The molecule has 0 radical (unpaired) electrons. The Labute approximate surface area is 128 Å². The maximum absolute atomic E-state index is 2.26. The Morgan fingerprint density at radius 3 is 2.29 bits per heavy atom. The van der Waals surface area contributed by atoms with E-state index in [4.69, 9.17) is 0 Å². The van der Waals surface area contributed by atoms with Crippen LogP contribution in [0.2, 0.25) is 0 Å². The van der Waals surface area contributed by atoms with Crippen molar-refractivity contribution in [1.82, 2.24) is 0 Å². The van der Waals surface area contributed by atoms with Crippen molar-refractivity contribution < 1.29 is 20.4 Å². The fourth-order valence-electron chi connectivity index (χ4n) is 2.00. The predicted octanol–water partition coefficient (Wildman–Crippen LogP) is 4.87. The van der Waals surface area contributed by atoms with Crippen molar-refractivity contribution >= 4 is 30.4 Å². The average Bonchev–Trinajstić information content (AvgIpc) is 2.64. The first-order valence-electron chi connectivity index (χ1n) is 5.40. The number of rotatable bonds is 2. The number of halogens is 2. The Kier molecular flexibility index (Phi) is 7.43. The van der Waals surface area contributed by atoms with E-state index < -0.39 is 0 Å². The molecular weight excluding hydrogens is 287 g/mol. The van der Waals surface area contributed by atoms with Gasteiger partial charge in [0.15, 0.2) is 0 Å². The van der Waals surface area contributed by atoms with Gasteiger partial charge in [0.2, 0.25) is 0 Å². The van der Waals surface area contributed by atoms with Gasteiger partial charge in [-0.2, -0.15) is 0 Å². The molecule has 0 unspecified atom stereocenters. The molecular formula is C14H17Cl2Ti. The monoisotopic (exact) mass is 303 g/mol. The van der Waals surface area contributed by atoms with Crippen molar-refractivity contribution in [2.75, 3.05) is 0 Å². The van der Waals surface area contributed by atoms with Crippen molar-refractivity contribution in [2.24, 2.45) is 0 Å². The third-order valence-corrected chi connectivity index (χ3v) is 3.54. The predicted molar refractivity (Wildman–Crippen MR) is 75.7 cm³/mol. The van der Waals surface area contributed by atoms with Crippen LogP contribution in [0, 0.1) is 0 Å². The van der Waals surface area contributed by atoms with Gasteiger partial charge in [-0.15, -0.1) is 24.8 Å². The standard InChI is InChI=1S/C14H15.2ClH.Ti/c1-11(2)13-9-5-6-10-14(13)12-7-3-4-8-12;;;/h3,5-7,9-11H,4H2,1-2H3;2*1H;. The maximum Gasteiger partial charge on any atom is -0.147 e. The first kappa shape index (κ1) is 17.0. The molecule has 3 heteroatoms. The summed E-state index contributed by atoms with van der Waals surface area (Å²) in [6, 6.07) is 8.75. The van der Waals surface area contributed by atoms with Gasteiger partial charge in [-0.1, -0.05) is 0 Å². The van der Waals surface area contributed by atoms with Gasteiger partial charge in [-0.3, -0.25) is 0 Å². The van der Waals surface area contributed by atoms with E-state index in [0.29, 0.717) is 5.92 Å². The van der Waals surface area contributed by atoms with Crippen LogP contribution in [0.25, 0.3) is 5.57 Å². The van der Waals surface area contributed by atoms with E-state index in [1.807, 2.05) is 0 Å². The van der Waals surface area contributed by atoms with E-state index in [0.717, 1.165) is 6.42 Å². The molecule has 0 aromatic heterocycles. The summed E-state index contributed by atoms with van der Waals surface area (Å²) >= 11 is 2.23. The first-order chi connectivity index (χ1) is 7.20. The Morgan fingerprint density at radius 2 is 1.76 bits per heavy atom. The number of allylic oxidation sites excluding steroid dienone is 4. The summed E-state index contributed by atoms with van der Waals surface area (Å²) in [5.74, 6) is 0.593. The summed E-state index contributed by atoms with van der Waals surface area (Å²) in [6.45, 7) is 4.51. The van der Waals surface area contributed by atoms with Gasteiger partial charge in [-0.05, 0) is 0 Å². The van der Waals surface area contributed by atoms with E-state index >= 15 is 0 Å². The van der Waals surface area contributed by atoms with E-state index in [2.05, 4.69) is 70.7 Å². The van der Waals surface area contributed by atoms with Crippen molar-refractivity contribution in [1.29, 1.82) is 0 Å². The van der Waals surface area contributed by atoms with Gasteiger partial charge in [0.05, 0.1) is 0 Å².